The lowest BCUT2D eigenvalue weighted by atomic mass is 10.1. The Balaban J connectivity index is 1.99. The Hall–Kier alpha value is -3.55. The predicted octanol–water partition coefficient (Wildman–Crippen LogP) is 4.24. The summed E-state index contributed by atoms with van der Waals surface area (Å²) in [5.74, 6) is 0.806. The Kier molecular flexibility index (Phi) is 4.74. The third-order valence-electron chi connectivity index (χ3n) is 3.54. The molecule has 1 aromatic carbocycles. The molecule has 0 atom stereocenters. The monoisotopic (exact) mass is 351 g/mol. The number of benzene rings is 1. The van der Waals surface area contributed by atoms with Gasteiger partial charge in [-0.3, -0.25) is 10.1 Å². The molecule has 0 fully saturated rings. The number of rotatable bonds is 5. The summed E-state index contributed by atoms with van der Waals surface area (Å²) in [4.78, 5) is 23.1. The van der Waals surface area contributed by atoms with Crippen molar-refractivity contribution >= 4 is 17.3 Å². The molecule has 1 N–H and O–H groups in total. The fourth-order valence-corrected chi connectivity index (χ4v) is 2.52. The van der Waals surface area contributed by atoms with E-state index in [9.17, 15) is 10.1 Å². The van der Waals surface area contributed by atoms with Gasteiger partial charge in [-0.15, -0.1) is 0 Å². The summed E-state index contributed by atoms with van der Waals surface area (Å²) < 4.78 is 5.68. The lowest BCUT2D eigenvalue weighted by Crippen LogP contribution is -2.04. The number of aromatic nitrogens is 3. The molecule has 3 aromatic rings. The summed E-state index contributed by atoms with van der Waals surface area (Å²) in [6, 6.07) is 9.14. The van der Waals surface area contributed by atoms with Gasteiger partial charge in [0.25, 0.3) is 0 Å². The molecule has 8 nitrogen and oxygen atoms in total. The molecule has 2 aromatic heterocycles. The van der Waals surface area contributed by atoms with Crippen molar-refractivity contribution in [2.75, 3.05) is 5.32 Å². The van der Waals surface area contributed by atoms with Crippen LogP contribution in [0.25, 0.3) is 0 Å². The van der Waals surface area contributed by atoms with Crippen LogP contribution in [-0.2, 0) is 0 Å². The van der Waals surface area contributed by atoms with Crippen LogP contribution in [-0.4, -0.2) is 19.9 Å². The van der Waals surface area contributed by atoms with Crippen LogP contribution >= 0.6 is 0 Å². The van der Waals surface area contributed by atoms with Gasteiger partial charge >= 0.3 is 11.6 Å². The van der Waals surface area contributed by atoms with Crippen LogP contribution in [0, 0.1) is 30.9 Å². The Morgan fingerprint density at radius 2 is 1.73 bits per heavy atom. The highest BCUT2D eigenvalue weighted by Gasteiger charge is 2.25. The SMILES string of the molecule is Cc1cc(C)cc(Oc2ncnc(Nc3cc(C)ccn3)c2[N+](=O)[O-])c1. The maximum Gasteiger partial charge on any atom is 0.373 e. The summed E-state index contributed by atoms with van der Waals surface area (Å²) in [5.41, 5.74) is 2.58. The van der Waals surface area contributed by atoms with Crippen molar-refractivity contribution in [1.29, 1.82) is 0 Å². The number of hydrogen-bond acceptors (Lipinski definition) is 7. The Labute approximate surface area is 150 Å². The van der Waals surface area contributed by atoms with E-state index in [1.807, 2.05) is 32.9 Å². The molecule has 0 aliphatic carbocycles. The van der Waals surface area contributed by atoms with Crippen LogP contribution in [0.2, 0.25) is 0 Å². The summed E-state index contributed by atoms with van der Waals surface area (Å²) in [5, 5.41) is 14.5. The summed E-state index contributed by atoms with van der Waals surface area (Å²) >= 11 is 0. The molecule has 0 bridgehead atoms. The van der Waals surface area contributed by atoms with Crippen molar-refractivity contribution in [3.63, 3.8) is 0 Å². The smallest absolute Gasteiger partial charge is 0.373 e. The van der Waals surface area contributed by atoms with E-state index in [2.05, 4.69) is 20.3 Å². The fourth-order valence-electron chi connectivity index (χ4n) is 2.52. The molecule has 0 amide bonds. The minimum absolute atomic E-state index is 0.0162. The molecule has 132 valence electrons. The van der Waals surface area contributed by atoms with Gasteiger partial charge in [0.2, 0.25) is 5.82 Å². The van der Waals surface area contributed by atoms with Gasteiger partial charge < -0.3 is 10.1 Å². The van der Waals surface area contributed by atoms with Crippen LogP contribution in [0.1, 0.15) is 16.7 Å². The number of nitrogens with one attached hydrogen (secondary N) is 1. The van der Waals surface area contributed by atoms with Crippen LogP contribution in [0.15, 0.2) is 42.9 Å². The fraction of sp³-hybridized carbons (Fsp3) is 0.167. The summed E-state index contributed by atoms with van der Waals surface area (Å²) in [6.45, 7) is 5.74. The van der Waals surface area contributed by atoms with Gasteiger partial charge in [-0.1, -0.05) is 6.07 Å². The predicted molar refractivity (Wildman–Crippen MR) is 96.9 cm³/mol. The van der Waals surface area contributed by atoms with Crippen molar-refractivity contribution in [2.24, 2.45) is 0 Å². The van der Waals surface area contributed by atoms with Gasteiger partial charge in [0, 0.05) is 6.20 Å². The molecule has 0 saturated carbocycles. The van der Waals surface area contributed by atoms with Crippen molar-refractivity contribution < 1.29 is 9.66 Å². The average molecular weight is 351 g/mol. The van der Waals surface area contributed by atoms with Crippen LogP contribution in [0.4, 0.5) is 17.3 Å². The summed E-state index contributed by atoms with van der Waals surface area (Å²) in [6.07, 6.45) is 2.82. The highest BCUT2D eigenvalue weighted by molar-refractivity contribution is 5.67. The molecule has 8 heteroatoms. The maximum absolute atomic E-state index is 11.6. The van der Waals surface area contributed by atoms with E-state index < -0.39 is 4.92 Å². The number of ether oxygens (including phenoxy) is 1. The van der Waals surface area contributed by atoms with Crippen LogP contribution in [0.5, 0.6) is 11.6 Å². The van der Waals surface area contributed by atoms with Crippen molar-refractivity contribution in [3.05, 3.63) is 69.7 Å². The topological polar surface area (TPSA) is 103 Å². The number of hydrogen-bond donors (Lipinski definition) is 1. The molecule has 0 radical (unpaired) electrons. The van der Waals surface area contributed by atoms with Gasteiger partial charge in [0.05, 0.1) is 4.92 Å². The van der Waals surface area contributed by atoms with E-state index in [-0.39, 0.29) is 17.4 Å². The molecule has 0 spiro atoms. The number of aryl methyl sites for hydroxylation is 3. The van der Waals surface area contributed by atoms with Crippen LogP contribution < -0.4 is 10.1 Å². The molecule has 0 aliphatic rings. The normalized spacial score (nSPS) is 10.4. The molecule has 26 heavy (non-hydrogen) atoms. The Morgan fingerprint density at radius 3 is 2.38 bits per heavy atom. The number of anilines is 2. The van der Waals surface area contributed by atoms with Crippen molar-refractivity contribution in [2.45, 2.75) is 20.8 Å². The van der Waals surface area contributed by atoms with E-state index in [1.165, 1.54) is 6.33 Å². The van der Waals surface area contributed by atoms with E-state index in [0.29, 0.717) is 11.6 Å². The second-order valence-corrected chi connectivity index (χ2v) is 5.90. The second-order valence-electron chi connectivity index (χ2n) is 5.90. The number of pyridine rings is 1. The van der Waals surface area contributed by atoms with Gasteiger partial charge in [-0.2, -0.15) is 4.98 Å². The highest BCUT2D eigenvalue weighted by Crippen LogP contribution is 2.35. The Morgan fingerprint density at radius 1 is 1.00 bits per heavy atom. The molecule has 0 aliphatic heterocycles. The lowest BCUT2D eigenvalue weighted by Gasteiger charge is -2.10. The molecule has 2 heterocycles. The zero-order chi connectivity index (χ0) is 18.7. The van der Waals surface area contributed by atoms with Gasteiger partial charge in [0.1, 0.15) is 17.9 Å². The first-order valence-electron chi connectivity index (χ1n) is 7.87. The highest BCUT2D eigenvalue weighted by atomic mass is 16.6. The summed E-state index contributed by atoms with van der Waals surface area (Å²) in [7, 11) is 0. The Bertz CT molecular complexity index is 955. The van der Waals surface area contributed by atoms with Gasteiger partial charge in [-0.05, 0) is 61.7 Å². The van der Waals surface area contributed by atoms with Crippen LogP contribution in [0.3, 0.4) is 0 Å². The molecule has 0 saturated heterocycles. The first-order valence-corrected chi connectivity index (χ1v) is 7.87. The number of nitrogens with zero attached hydrogens (tertiary/aromatic N) is 4. The third-order valence-corrected chi connectivity index (χ3v) is 3.54. The van der Waals surface area contributed by atoms with Gasteiger partial charge in [0.15, 0.2) is 0 Å². The zero-order valence-corrected chi connectivity index (χ0v) is 14.6. The quantitative estimate of drug-likeness (QED) is 0.541. The largest absolute Gasteiger partial charge is 0.434 e. The standard InChI is InChI=1S/C18H17N5O3/c1-11-4-5-19-15(9-11)22-17-16(23(24)25)18(21-10-20-17)26-14-7-12(2)6-13(3)8-14/h4-10H,1-3H3,(H,19,20,21,22). The molecular weight excluding hydrogens is 334 g/mol. The third kappa shape index (κ3) is 3.92. The second kappa shape index (κ2) is 7.14. The maximum atomic E-state index is 11.6. The van der Waals surface area contributed by atoms with E-state index in [0.717, 1.165) is 16.7 Å². The molecule has 3 rings (SSSR count). The minimum atomic E-state index is -0.573. The van der Waals surface area contributed by atoms with E-state index >= 15 is 0 Å². The molecule has 0 unspecified atom stereocenters. The molecular formula is C18H17N5O3. The van der Waals surface area contributed by atoms with Crippen molar-refractivity contribution in [3.8, 4) is 11.6 Å². The van der Waals surface area contributed by atoms with E-state index in [1.54, 1.807) is 24.4 Å². The first-order chi connectivity index (χ1) is 12.4. The lowest BCUT2D eigenvalue weighted by molar-refractivity contribution is -0.385. The number of nitro groups is 1. The average Bonchev–Trinajstić information content (AvgIpc) is 2.53. The van der Waals surface area contributed by atoms with Gasteiger partial charge in [-0.25, -0.2) is 9.97 Å². The van der Waals surface area contributed by atoms with Crippen molar-refractivity contribution in [1.82, 2.24) is 15.0 Å². The zero-order valence-electron chi connectivity index (χ0n) is 14.6. The first kappa shape index (κ1) is 17.3. The minimum Gasteiger partial charge on any atom is -0.434 e. The van der Waals surface area contributed by atoms with E-state index in [4.69, 9.17) is 4.74 Å².